The van der Waals surface area contributed by atoms with Gasteiger partial charge in [0.2, 0.25) is 12.5 Å². The highest BCUT2D eigenvalue weighted by Crippen LogP contribution is 2.52. The molecule has 27 heavy (non-hydrogen) atoms. The molecule has 0 bridgehead atoms. The van der Waals surface area contributed by atoms with E-state index in [-0.39, 0.29) is 25.0 Å². The van der Waals surface area contributed by atoms with E-state index in [1.807, 2.05) is 6.07 Å². The number of cyclic esters (lactones) is 1. The van der Waals surface area contributed by atoms with Crippen molar-refractivity contribution in [3.8, 4) is 17.2 Å². The van der Waals surface area contributed by atoms with Gasteiger partial charge in [0.15, 0.2) is 17.3 Å². The molecule has 0 amide bonds. The molecule has 0 radical (unpaired) electrons. The second-order valence-corrected chi connectivity index (χ2v) is 8.33. The van der Waals surface area contributed by atoms with Crippen LogP contribution in [0.2, 0.25) is 0 Å². The zero-order valence-corrected chi connectivity index (χ0v) is 16.3. The van der Waals surface area contributed by atoms with Crippen LogP contribution in [0.15, 0.2) is 6.07 Å². The summed E-state index contributed by atoms with van der Waals surface area (Å²) in [5.74, 6) is 1.44. The molecule has 1 saturated heterocycles. The summed E-state index contributed by atoms with van der Waals surface area (Å²) in [6, 6.07) is 1.87. The number of likely N-dealkylation sites (N-methyl/N-ethyl adjacent to an activating group) is 1. The number of nitrogens with zero attached hydrogens (tertiary/aromatic N) is 1. The largest absolute Gasteiger partial charge is 0.492 e. The predicted molar refractivity (Wildman–Crippen MR) is 95.8 cm³/mol. The molecule has 0 aromatic heterocycles. The smallest absolute Gasteiger partial charge is 0.319 e. The van der Waals surface area contributed by atoms with E-state index >= 15 is 0 Å². The number of esters is 1. The lowest BCUT2D eigenvalue weighted by Gasteiger charge is -2.43. The quantitative estimate of drug-likeness (QED) is 0.455. The number of hydrogen-bond donors (Lipinski definition) is 0. The molecule has 0 N–H and O–H groups in total. The summed E-state index contributed by atoms with van der Waals surface area (Å²) in [6.07, 6.45) is 1.55. The minimum atomic E-state index is -1.05. The van der Waals surface area contributed by atoms with Crippen LogP contribution in [-0.4, -0.2) is 57.4 Å². The molecule has 0 saturated carbocycles. The van der Waals surface area contributed by atoms with Crippen molar-refractivity contribution in [2.45, 2.75) is 32.2 Å². The Balaban J connectivity index is 1.77. The Kier molecular flexibility index (Phi) is 4.10. The van der Waals surface area contributed by atoms with Gasteiger partial charge in [-0.2, -0.15) is 0 Å². The predicted octanol–water partition coefficient (Wildman–Crippen LogP) is 2.01. The Bertz CT molecular complexity index is 817. The zero-order chi connectivity index (χ0) is 19.4. The fraction of sp³-hybridized carbons (Fsp3) is 0.600. The number of carbonyl (C=O) groups is 2. The maximum absolute atomic E-state index is 13.2. The molecule has 7 nitrogen and oxygen atoms in total. The summed E-state index contributed by atoms with van der Waals surface area (Å²) in [7, 11) is 5.83. The van der Waals surface area contributed by atoms with Gasteiger partial charge < -0.3 is 23.4 Å². The van der Waals surface area contributed by atoms with Crippen molar-refractivity contribution in [1.29, 1.82) is 0 Å². The van der Waals surface area contributed by atoms with E-state index in [4.69, 9.17) is 18.9 Å². The number of Topliss-reactive ketones (excluding diaryl/α,β-unsaturated/α-hetero) is 1. The van der Waals surface area contributed by atoms with Crippen LogP contribution in [0.5, 0.6) is 17.2 Å². The Morgan fingerprint density at radius 1 is 1.33 bits per heavy atom. The summed E-state index contributed by atoms with van der Waals surface area (Å²) in [5.41, 5.74) is 1.05. The van der Waals surface area contributed by atoms with Gasteiger partial charge in [-0.15, -0.1) is 0 Å². The molecule has 3 aliphatic rings. The van der Waals surface area contributed by atoms with Gasteiger partial charge in [0.1, 0.15) is 11.5 Å². The minimum absolute atomic E-state index is 0.0752. The zero-order valence-electron chi connectivity index (χ0n) is 16.3. The molecule has 0 aliphatic carbocycles. The van der Waals surface area contributed by atoms with Gasteiger partial charge in [0.05, 0.1) is 46.3 Å². The Labute approximate surface area is 158 Å². The van der Waals surface area contributed by atoms with Crippen LogP contribution in [0.3, 0.4) is 0 Å². The molecule has 4 rings (SSSR count). The summed E-state index contributed by atoms with van der Waals surface area (Å²) in [6.45, 7) is 3.06. The Hall–Kier alpha value is -2.28. The van der Waals surface area contributed by atoms with Crippen molar-refractivity contribution in [2.75, 3.05) is 41.1 Å². The van der Waals surface area contributed by atoms with E-state index in [9.17, 15) is 9.59 Å². The molecule has 1 aromatic carbocycles. The van der Waals surface area contributed by atoms with Crippen molar-refractivity contribution in [2.24, 2.45) is 5.41 Å². The summed E-state index contributed by atoms with van der Waals surface area (Å²) >= 11 is 0. The van der Waals surface area contributed by atoms with Crippen molar-refractivity contribution < 1.29 is 33.0 Å². The topological polar surface area (TPSA) is 71.1 Å². The first-order valence-corrected chi connectivity index (χ1v) is 9.30. The molecule has 1 fully saturated rings. The first kappa shape index (κ1) is 18.1. The fourth-order valence-corrected chi connectivity index (χ4v) is 4.38. The monoisotopic (exact) mass is 376 g/mol. The molecular weight excluding hydrogens is 350 g/mol. The maximum atomic E-state index is 13.2. The first-order valence-electron chi connectivity index (χ1n) is 9.30. The van der Waals surface area contributed by atoms with E-state index in [0.29, 0.717) is 34.8 Å². The number of hydrogen-bond acceptors (Lipinski definition) is 6. The second kappa shape index (κ2) is 6.12. The van der Waals surface area contributed by atoms with Gasteiger partial charge in [-0.05, 0) is 18.6 Å². The minimum Gasteiger partial charge on any atom is -0.492 e. The number of methoxy groups -OCH3 is 1. The third-order valence-corrected chi connectivity index (χ3v) is 6.36. The normalized spacial score (nSPS) is 27.9. The molecule has 2 atom stereocenters. The van der Waals surface area contributed by atoms with Gasteiger partial charge in [-0.1, -0.05) is 0 Å². The molecule has 3 aliphatic heterocycles. The standard InChI is InChI=1S/C20H26NO6/c1-20(6-8-25-19(20)23)15(22)10-13-16-12(5-7-21(13,2)3)9-14-17(18(16)24-4)27-11-26-14/h9,13H,5-8,10-11H2,1-4H3/q+1/t13-,20+/m0/s1. The Morgan fingerprint density at radius 2 is 2.11 bits per heavy atom. The van der Waals surface area contributed by atoms with Crippen molar-refractivity contribution in [3.05, 3.63) is 17.2 Å². The average molecular weight is 376 g/mol. The van der Waals surface area contributed by atoms with E-state index in [2.05, 4.69) is 14.1 Å². The number of rotatable bonds is 4. The number of ether oxygens (including phenoxy) is 4. The van der Waals surface area contributed by atoms with Crippen molar-refractivity contribution in [3.63, 3.8) is 0 Å². The van der Waals surface area contributed by atoms with E-state index in [1.54, 1.807) is 14.0 Å². The lowest BCUT2D eigenvalue weighted by molar-refractivity contribution is -0.922. The lowest BCUT2D eigenvalue weighted by Crippen LogP contribution is -2.49. The molecule has 1 aromatic rings. The molecule has 0 spiro atoms. The third kappa shape index (κ3) is 2.67. The highest BCUT2D eigenvalue weighted by Gasteiger charge is 2.50. The van der Waals surface area contributed by atoms with Crippen LogP contribution in [0, 0.1) is 5.41 Å². The van der Waals surface area contributed by atoms with Gasteiger partial charge in [-0.25, -0.2) is 0 Å². The fourth-order valence-electron chi connectivity index (χ4n) is 4.38. The highest BCUT2D eigenvalue weighted by atomic mass is 16.7. The van der Waals surface area contributed by atoms with Crippen LogP contribution in [0.4, 0.5) is 0 Å². The van der Waals surface area contributed by atoms with Gasteiger partial charge in [0, 0.05) is 12.8 Å². The number of benzene rings is 1. The SMILES string of the molecule is COc1c2c(cc3c1[C@H](CC(=O)[C@@]1(C)CCOC1=O)[N+](C)(C)CC3)OCO2. The number of fused-ring (bicyclic) bond motifs is 2. The first-order chi connectivity index (χ1) is 12.8. The van der Waals surface area contributed by atoms with Gasteiger partial charge in [-0.3, -0.25) is 9.59 Å². The Morgan fingerprint density at radius 3 is 2.78 bits per heavy atom. The third-order valence-electron chi connectivity index (χ3n) is 6.36. The number of carbonyl (C=O) groups excluding carboxylic acids is 2. The van der Waals surface area contributed by atoms with E-state index in [0.717, 1.165) is 24.1 Å². The van der Waals surface area contributed by atoms with Gasteiger partial charge >= 0.3 is 5.97 Å². The summed E-state index contributed by atoms with van der Waals surface area (Å²) < 4.78 is 22.6. The van der Waals surface area contributed by atoms with Crippen LogP contribution in [0.1, 0.15) is 36.9 Å². The average Bonchev–Trinajstić information content (AvgIpc) is 3.23. The summed E-state index contributed by atoms with van der Waals surface area (Å²) in [5, 5.41) is 0. The number of ketones is 1. The molecule has 3 heterocycles. The van der Waals surface area contributed by atoms with Crippen LogP contribution >= 0.6 is 0 Å². The van der Waals surface area contributed by atoms with Crippen LogP contribution < -0.4 is 14.2 Å². The van der Waals surface area contributed by atoms with Crippen LogP contribution in [0.25, 0.3) is 0 Å². The molecule has 7 heteroatoms. The van der Waals surface area contributed by atoms with E-state index in [1.165, 1.54) is 0 Å². The maximum Gasteiger partial charge on any atom is 0.319 e. The second-order valence-electron chi connectivity index (χ2n) is 8.33. The van der Waals surface area contributed by atoms with E-state index < -0.39 is 11.4 Å². The number of quaternary nitrogens is 1. The van der Waals surface area contributed by atoms with Crippen molar-refractivity contribution >= 4 is 11.8 Å². The molecule has 0 unspecified atom stereocenters. The van der Waals surface area contributed by atoms with Crippen molar-refractivity contribution in [1.82, 2.24) is 0 Å². The van der Waals surface area contributed by atoms with Crippen LogP contribution in [-0.2, 0) is 20.7 Å². The molecule has 146 valence electrons. The highest BCUT2D eigenvalue weighted by molar-refractivity contribution is 6.04. The molecular formula is C20H26NO6+. The van der Waals surface area contributed by atoms with Gasteiger partial charge in [0.25, 0.3) is 0 Å². The summed E-state index contributed by atoms with van der Waals surface area (Å²) in [4.78, 5) is 25.3. The lowest BCUT2D eigenvalue weighted by atomic mass is 9.78.